The van der Waals surface area contributed by atoms with Gasteiger partial charge >= 0.3 is 0 Å². The van der Waals surface area contributed by atoms with Gasteiger partial charge < -0.3 is 20.5 Å². The van der Waals surface area contributed by atoms with Crippen molar-refractivity contribution in [2.24, 2.45) is 0 Å². The highest BCUT2D eigenvalue weighted by molar-refractivity contribution is 8.00. The van der Waals surface area contributed by atoms with E-state index in [9.17, 15) is 10.2 Å². The average Bonchev–Trinajstić information content (AvgIpc) is 3.00. The number of fused-ring (bicyclic) bond motifs is 1. The number of nitrogen functional groups attached to an aromatic ring is 1. The molecule has 1 aliphatic rings. The normalized spacial score (nSPS) is 26.4. The molecule has 7 nitrogen and oxygen atoms in total. The number of nitrogens with zero attached hydrogens (tertiary/aromatic N) is 4. The van der Waals surface area contributed by atoms with Crippen LogP contribution in [0, 0.1) is 0 Å². The summed E-state index contributed by atoms with van der Waals surface area (Å²) in [6.45, 7) is -0.0395. The molecule has 3 heterocycles. The molecular formula is C11H15N5O2S2. The van der Waals surface area contributed by atoms with Crippen molar-refractivity contribution in [2.45, 2.75) is 28.2 Å². The molecule has 0 aromatic carbocycles. The van der Waals surface area contributed by atoms with Gasteiger partial charge in [0.1, 0.15) is 10.5 Å². The van der Waals surface area contributed by atoms with Gasteiger partial charge in [0.2, 0.25) is 5.95 Å². The lowest BCUT2D eigenvalue weighted by molar-refractivity contribution is 0.138. The van der Waals surface area contributed by atoms with Crippen molar-refractivity contribution in [1.82, 2.24) is 19.5 Å². The van der Waals surface area contributed by atoms with Crippen LogP contribution in [0.3, 0.4) is 0 Å². The van der Waals surface area contributed by atoms with Crippen molar-refractivity contribution < 1.29 is 10.2 Å². The molecule has 4 N–H and O–H groups in total. The maximum absolute atomic E-state index is 9.91. The lowest BCUT2D eigenvalue weighted by Crippen LogP contribution is -2.20. The summed E-state index contributed by atoms with van der Waals surface area (Å²) in [5.74, 6) is 0.214. The second-order valence-corrected chi connectivity index (χ2v) is 6.75. The fraction of sp³-hybridized carbons (Fsp3) is 0.545. The van der Waals surface area contributed by atoms with E-state index in [1.54, 1.807) is 6.33 Å². The number of aliphatic hydroxyl groups is 2. The van der Waals surface area contributed by atoms with Gasteiger partial charge in [-0.15, -0.1) is 23.5 Å². The molecule has 0 saturated carbocycles. The van der Waals surface area contributed by atoms with E-state index in [4.69, 9.17) is 5.73 Å². The van der Waals surface area contributed by atoms with Gasteiger partial charge in [-0.1, -0.05) is 0 Å². The number of thioether (sulfide) groups is 2. The Labute approximate surface area is 124 Å². The molecule has 1 aliphatic heterocycles. The first-order chi connectivity index (χ1) is 9.63. The first-order valence-electron chi connectivity index (χ1n) is 6.12. The van der Waals surface area contributed by atoms with Crippen molar-refractivity contribution in [1.29, 1.82) is 0 Å². The molecule has 0 aliphatic carbocycles. The van der Waals surface area contributed by atoms with E-state index in [2.05, 4.69) is 15.0 Å². The number of hydrogen-bond donors (Lipinski definition) is 3. The number of rotatable bonds is 3. The zero-order valence-electron chi connectivity index (χ0n) is 10.8. The van der Waals surface area contributed by atoms with Gasteiger partial charge in [0.25, 0.3) is 0 Å². The minimum Gasteiger partial charge on any atom is -0.395 e. The number of imidazole rings is 1. The van der Waals surface area contributed by atoms with Crippen LogP contribution in [0.25, 0.3) is 11.2 Å². The van der Waals surface area contributed by atoms with E-state index >= 15 is 0 Å². The predicted molar refractivity (Wildman–Crippen MR) is 79.6 cm³/mol. The Balaban J connectivity index is 2.03. The van der Waals surface area contributed by atoms with E-state index in [0.717, 1.165) is 5.03 Å². The summed E-state index contributed by atoms with van der Waals surface area (Å²) in [6.07, 6.45) is 3.64. The third kappa shape index (κ3) is 2.24. The van der Waals surface area contributed by atoms with Crippen LogP contribution in [0.15, 0.2) is 11.4 Å². The molecular weight excluding hydrogens is 298 g/mol. The molecule has 2 aromatic rings. The number of nitrogens with two attached hydrogens (primary N) is 1. The maximum Gasteiger partial charge on any atom is 0.223 e. The highest BCUT2D eigenvalue weighted by Gasteiger charge is 2.35. The first-order valence-corrected chi connectivity index (χ1v) is 8.29. The van der Waals surface area contributed by atoms with Crippen molar-refractivity contribution in [3.8, 4) is 0 Å². The summed E-state index contributed by atoms with van der Waals surface area (Å²) in [6, 6.07) is 0. The Kier molecular flexibility index (Phi) is 3.76. The summed E-state index contributed by atoms with van der Waals surface area (Å²) in [5, 5.41) is 19.7. The second-order valence-electron chi connectivity index (χ2n) is 4.53. The van der Waals surface area contributed by atoms with Crippen LogP contribution < -0.4 is 5.73 Å². The average molecular weight is 313 g/mol. The standard InChI is InChI=1S/C11H15N5O2S2/c1-19-10-8-9(14-11(12)15-10)16(4-13-8)7-2-5(18)6(3-17)20-7/h4-7,17-18H,2-3H2,1H3,(H2,12,14,15)/t5-,6+,7+/m0/s1. The van der Waals surface area contributed by atoms with E-state index in [1.807, 2.05) is 10.8 Å². The predicted octanol–water partition coefficient (Wildman–Crippen LogP) is 0.488. The van der Waals surface area contributed by atoms with Gasteiger partial charge in [0.05, 0.1) is 29.7 Å². The molecule has 3 atom stereocenters. The van der Waals surface area contributed by atoms with Crippen LogP contribution in [0.4, 0.5) is 5.95 Å². The topological polar surface area (TPSA) is 110 Å². The van der Waals surface area contributed by atoms with Gasteiger partial charge in [-0.25, -0.2) is 9.97 Å². The van der Waals surface area contributed by atoms with Crippen LogP contribution in [0.5, 0.6) is 0 Å². The quantitative estimate of drug-likeness (QED) is 0.554. The smallest absolute Gasteiger partial charge is 0.223 e. The van der Waals surface area contributed by atoms with Gasteiger partial charge in [-0.3, -0.25) is 0 Å². The first kappa shape index (κ1) is 13.9. The summed E-state index contributed by atoms with van der Waals surface area (Å²) in [4.78, 5) is 12.8. The van der Waals surface area contributed by atoms with E-state index in [-0.39, 0.29) is 23.2 Å². The SMILES string of the molecule is CSc1nc(N)nc2c1ncn2[C@H]1C[C@H](O)[C@@H](CO)S1. The molecule has 0 bridgehead atoms. The third-order valence-electron chi connectivity index (χ3n) is 3.29. The van der Waals surface area contributed by atoms with Crippen molar-refractivity contribution >= 4 is 40.6 Å². The molecule has 0 radical (unpaired) electrons. The fourth-order valence-corrected chi connectivity index (χ4v) is 4.21. The zero-order chi connectivity index (χ0) is 14.3. The number of aliphatic hydroxyl groups excluding tert-OH is 2. The minimum atomic E-state index is -0.522. The largest absolute Gasteiger partial charge is 0.395 e. The number of aromatic nitrogens is 4. The van der Waals surface area contributed by atoms with Crippen molar-refractivity contribution in [2.75, 3.05) is 18.6 Å². The monoisotopic (exact) mass is 313 g/mol. The van der Waals surface area contributed by atoms with Gasteiger partial charge in [-0.05, 0) is 6.26 Å². The zero-order valence-corrected chi connectivity index (χ0v) is 12.4. The van der Waals surface area contributed by atoms with Crippen LogP contribution in [-0.4, -0.2) is 53.9 Å². The molecule has 9 heteroatoms. The van der Waals surface area contributed by atoms with Gasteiger partial charge in [-0.2, -0.15) is 4.98 Å². The Bertz CT molecular complexity index is 635. The molecule has 1 saturated heterocycles. The van der Waals surface area contributed by atoms with E-state index < -0.39 is 6.10 Å². The third-order valence-corrected chi connectivity index (χ3v) is 5.51. The summed E-state index contributed by atoms with van der Waals surface area (Å²) in [7, 11) is 0. The van der Waals surface area contributed by atoms with Gasteiger partial charge in [0, 0.05) is 6.42 Å². The summed E-state index contributed by atoms with van der Waals surface area (Å²) in [5.41, 5.74) is 7.12. The molecule has 0 unspecified atom stereocenters. The molecule has 108 valence electrons. The lowest BCUT2D eigenvalue weighted by Gasteiger charge is -2.12. The minimum absolute atomic E-state index is 0.00356. The van der Waals surface area contributed by atoms with Crippen LogP contribution in [0.1, 0.15) is 11.8 Å². The van der Waals surface area contributed by atoms with Crippen molar-refractivity contribution in [3.05, 3.63) is 6.33 Å². The van der Waals surface area contributed by atoms with Gasteiger partial charge in [0.15, 0.2) is 5.65 Å². The summed E-state index contributed by atoms with van der Waals surface area (Å²) >= 11 is 3.00. The Morgan fingerprint density at radius 3 is 3.00 bits per heavy atom. The fourth-order valence-electron chi connectivity index (χ4n) is 2.31. The van der Waals surface area contributed by atoms with Crippen LogP contribution >= 0.6 is 23.5 Å². The number of hydrogen-bond acceptors (Lipinski definition) is 8. The maximum atomic E-state index is 9.91. The Morgan fingerprint density at radius 1 is 1.55 bits per heavy atom. The number of anilines is 1. The molecule has 2 aromatic heterocycles. The van der Waals surface area contributed by atoms with Crippen LogP contribution in [0.2, 0.25) is 0 Å². The molecule has 0 amide bonds. The highest BCUT2D eigenvalue weighted by atomic mass is 32.2. The molecule has 3 rings (SSSR count). The van der Waals surface area contributed by atoms with Crippen LogP contribution in [-0.2, 0) is 0 Å². The van der Waals surface area contributed by atoms with E-state index in [0.29, 0.717) is 17.6 Å². The lowest BCUT2D eigenvalue weighted by atomic mass is 10.2. The van der Waals surface area contributed by atoms with E-state index in [1.165, 1.54) is 23.5 Å². The molecule has 20 heavy (non-hydrogen) atoms. The second kappa shape index (κ2) is 5.40. The van der Waals surface area contributed by atoms with Crippen molar-refractivity contribution in [3.63, 3.8) is 0 Å². The Hall–Kier alpha value is -1.03. The summed E-state index contributed by atoms with van der Waals surface area (Å²) < 4.78 is 1.90. The molecule has 1 fully saturated rings. The molecule has 0 spiro atoms. The highest BCUT2D eigenvalue weighted by Crippen LogP contribution is 2.42. The Morgan fingerprint density at radius 2 is 2.35 bits per heavy atom.